The van der Waals surface area contributed by atoms with E-state index in [4.69, 9.17) is 5.11 Å². The topological polar surface area (TPSA) is 81.6 Å². The number of amides is 1. The lowest BCUT2D eigenvalue weighted by Gasteiger charge is -2.46. The summed E-state index contributed by atoms with van der Waals surface area (Å²) in [5.74, 6) is 0.000669. The Balaban J connectivity index is 2.06. The number of hydrogen-bond donors (Lipinski definition) is 4. The molecular formula is C19H30N2O3. The van der Waals surface area contributed by atoms with Crippen LogP contribution >= 0.6 is 0 Å². The van der Waals surface area contributed by atoms with Gasteiger partial charge in [0.05, 0.1) is 5.69 Å². The molecule has 24 heavy (non-hydrogen) atoms. The lowest BCUT2D eigenvalue weighted by Crippen LogP contribution is -2.44. The maximum absolute atomic E-state index is 10.8. The number of nitrogens with one attached hydrogen (secondary N) is 2. The van der Waals surface area contributed by atoms with Gasteiger partial charge in [-0.1, -0.05) is 46.2 Å². The quantitative estimate of drug-likeness (QED) is 0.595. The molecule has 0 spiro atoms. The van der Waals surface area contributed by atoms with Gasteiger partial charge in [-0.3, -0.25) is 5.32 Å². The van der Waals surface area contributed by atoms with Crippen molar-refractivity contribution >= 4 is 11.8 Å². The van der Waals surface area contributed by atoms with E-state index in [0.29, 0.717) is 29.0 Å². The molecule has 0 saturated heterocycles. The first-order valence-electron chi connectivity index (χ1n) is 8.68. The Hall–Kier alpha value is -1.75. The number of benzene rings is 1. The number of carbonyl (C=O) groups is 1. The first-order valence-corrected chi connectivity index (χ1v) is 8.68. The number of phenolic OH excluding ortho intramolecular Hbond substituents is 1. The summed E-state index contributed by atoms with van der Waals surface area (Å²) in [4.78, 5) is 10.8. The van der Waals surface area contributed by atoms with E-state index >= 15 is 0 Å². The highest BCUT2D eigenvalue weighted by Gasteiger charge is 2.39. The minimum absolute atomic E-state index is 0.000669. The fourth-order valence-corrected chi connectivity index (χ4v) is 4.25. The van der Waals surface area contributed by atoms with Crippen molar-refractivity contribution in [2.24, 2.45) is 10.8 Å². The zero-order valence-electron chi connectivity index (χ0n) is 15.1. The van der Waals surface area contributed by atoms with Crippen LogP contribution in [0.15, 0.2) is 18.2 Å². The lowest BCUT2D eigenvalue weighted by molar-refractivity contribution is 0.0671. The normalized spacial score (nSPS) is 26.1. The average molecular weight is 334 g/mol. The summed E-state index contributed by atoms with van der Waals surface area (Å²) < 4.78 is 0. The number of anilines is 1. The van der Waals surface area contributed by atoms with E-state index in [0.717, 1.165) is 19.3 Å². The molecule has 0 aliphatic heterocycles. The van der Waals surface area contributed by atoms with Crippen LogP contribution in [0.5, 0.6) is 5.75 Å². The fraction of sp³-hybridized carbons (Fsp3) is 0.632. The van der Waals surface area contributed by atoms with E-state index in [1.54, 1.807) is 12.1 Å². The van der Waals surface area contributed by atoms with E-state index in [-0.39, 0.29) is 11.4 Å². The molecular weight excluding hydrogens is 304 g/mol. The molecule has 0 heterocycles. The molecule has 1 aliphatic carbocycles. The molecule has 0 radical (unpaired) electrons. The largest absolute Gasteiger partial charge is 0.505 e. The fourth-order valence-electron chi connectivity index (χ4n) is 4.25. The number of para-hydroxylation sites is 1. The molecule has 1 amide bonds. The van der Waals surface area contributed by atoms with Crippen LogP contribution in [0, 0.1) is 10.8 Å². The summed E-state index contributed by atoms with van der Waals surface area (Å²) in [6.07, 6.45) is 3.45. The van der Waals surface area contributed by atoms with Gasteiger partial charge < -0.3 is 15.5 Å². The third kappa shape index (κ3) is 4.63. The molecule has 5 heteroatoms. The summed E-state index contributed by atoms with van der Waals surface area (Å²) >= 11 is 0. The highest BCUT2D eigenvalue weighted by Crippen LogP contribution is 2.47. The number of hydrogen-bond acceptors (Lipinski definition) is 3. The van der Waals surface area contributed by atoms with Crippen LogP contribution in [-0.2, 0) is 6.54 Å². The molecule has 1 saturated carbocycles. The molecule has 0 aromatic heterocycles. The van der Waals surface area contributed by atoms with Crippen molar-refractivity contribution in [2.45, 2.75) is 66.0 Å². The van der Waals surface area contributed by atoms with Gasteiger partial charge in [-0.25, -0.2) is 4.79 Å². The standard InChI is InChI=1S/C19H30N2O3/c1-5-19(4)10-14(9-18(2,3)12-19)20-11-13-7-6-8-15(16(13)22)21-17(23)24/h6-8,14,20-22H,5,9-12H2,1-4H3,(H,23,24). The van der Waals surface area contributed by atoms with E-state index in [1.165, 1.54) is 6.42 Å². The second-order valence-corrected chi connectivity index (χ2v) is 8.23. The van der Waals surface area contributed by atoms with Gasteiger partial charge in [-0.05, 0) is 36.2 Å². The van der Waals surface area contributed by atoms with Gasteiger partial charge in [0.2, 0.25) is 0 Å². The van der Waals surface area contributed by atoms with Crippen LogP contribution in [0.3, 0.4) is 0 Å². The van der Waals surface area contributed by atoms with Crippen molar-refractivity contribution in [3.63, 3.8) is 0 Å². The minimum atomic E-state index is -1.18. The van der Waals surface area contributed by atoms with E-state index < -0.39 is 6.09 Å². The summed E-state index contributed by atoms with van der Waals surface area (Å²) in [5, 5.41) is 24.9. The zero-order valence-corrected chi connectivity index (χ0v) is 15.1. The summed E-state index contributed by atoms with van der Waals surface area (Å²) in [5.41, 5.74) is 1.58. The Morgan fingerprint density at radius 2 is 2.00 bits per heavy atom. The van der Waals surface area contributed by atoms with Crippen LogP contribution in [0.2, 0.25) is 0 Å². The van der Waals surface area contributed by atoms with Gasteiger partial charge in [0, 0.05) is 18.2 Å². The maximum atomic E-state index is 10.8. The molecule has 1 aromatic rings. The van der Waals surface area contributed by atoms with Gasteiger partial charge in [0.1, 0.15) is 5.75 Å². The number of aromatic hydroxyl groups is 1. The third-order valence-corrected chi connectivity index (χ3v) is 5.24. The Labute approximate surface area is 144 Å². The van der Waals surface area contributed by atoms with Crippen molar-refractivity contribution < 1.29 is 15.0 Å². The van der Waals surface area contributed by atoms with Gasteiger partial charge in [0.25, 0.3) is 0 Å². The van der Waals surface area contributed by atoms with E-state index in [2.05, 4.69) is 38.3 Å². The molecule has 2 rings (SSSR count). The molecule has 1 aliphatic rings. The second-order valence-electron chi connectivity index (χ2n) is 8.23. The predicted octanol–water partition coefficient (Wildman–Crippen LogP) is 4.57. The van der Waals surface area contributed by atoms with Crippen molar-refractivity contribution in [1.29, 1.82) is 0 Å². The molecule has 0 bridgehead atoms. The van der Waals surface area contributed by atoms with Crippen LogP contribution in [0.1, 0.15) is 58.9 Å². The average Bonchev–Trinajstić information content (AvgIpc) is 2.46. The Morgan fingerprint density at radius 1 is 1.29 bits per heavy atom. The van der Waals surface area contributed by atoms with Crippen molar-refractivity contribution in [3.05, 3.63) is 23.8 Å². The summed E-state index contributed by atoms with van der Waals surface area (Å²) in [7, 11) is 0. The SMILES string of the molecule is CCC1(C)CC(NCc2cccc(NC(=O)O)c2O)CC(C)(C)C1. The van der Waals surface area contributed by atoms with Crippen molar-refractivity contribution in [2.75, 3.05) is 5.32 Å². The van der Waals surface area contributed by atoms with Crippen LogP contribution in [-0.4, -0.2) is 22.3 Å². The first kappa shape index (κ1) is 18.6. The van der Waals surface area contributed by atoms with Crippen molar-refractivity contribution in [3.8, 4) is 5.75 Å². The Morgan fingerprint density at radius 3 is 2.62 bits per heavy atom. The molecule has 4 N–H and O–H groups in total. The summed E-state index contributed by atoms with van der Waals surface area (Å²) in [6.45, 7) is 9.79. The number of carboxylic acid groups (broad SMARTS) is 1. The lowest BCUT2D eigenvalue weighted by atomic mass is 9.61. The second kappa shape index (κ2) is 7.01. The highest BCUT2D eigenvalue weighted by atomic mass is 16.4. The molecule has 2 unspecified atom stereocenters. The zero-order chi connectivity index (χ0) is 18.0. The Bertz CT molecular complexity index is 600. The van der Waals surface area contributed by atoms with Crippen LogP contribution < -0.4 is 10.6 Å². The van der Waals surface area contributed by atoms with Crippen LogP contribution in [0.25, 0.3) is 0 Å². The third-order valence-electron chi connectivity index (χ3n) is 5.24. The molecule has 1 aromatic carbocycles. The first-order chi connectivity index (χ1) is 11.1. The van der Waals surface area contributed by atoms with Crippen molar-refractivity contribution in [1.82, 2.24) is 5.32 Å². The molecule has 2 atom stereocenters. The molecule has 5 nitrogen and oxygen atoms in total. The van der Waals surface area contributed by atoms with Crippen LogP contribution in [0.4, 0.5) is 10.5 Å². The monoisotopic (exact) mass is 334 g/mol. The number of rotatable bonds is 5. The van der Waals surface area contributed by atoms with E-state index in [9.17, 15) is 9.90 Å². The predicted molar refractivity (Wildman–Crippen MR) is 96.4 cm³/mol. The minimum Gasteiger partial charge on any atom is -0.505 e. The smallest absolute Gasteiger partial charge is 0.409 e. The van der Waals surface area contributed by atoms with Gasteiger partial charge in [-0.2, -0.15) is 0 Å². The maximum Gasteiger partial charge on any atom is 0.409 e. The van der Waals surface area contributed by atoms with Gasteiger partial charge in [0.15, 0.2) is 0 Å². The van der Waals surface area contributed by atoms with Gasteiger partial charge >= 0.3 is 6.09 Å². The molecule has 134 valence electrons. The van der Waals surface area contributed by atoms with E-state index in [1.807, 2.05) is 6.07 Å². The Kier molecular flexibility index (Phi) is 5.43. The summed E-state index contributed by atoms with van der Waals surface area (Å²) in [6, 6.07) is 5.53. The van der Waals surface area contributed by atoms with Gasteiger partial charge in [-0.15, -0.1) is 0 Å². The highest BCUT2D eigenvalue weighted by molar-refractivity contribution is 5.85. The number of phenols is 1. The molecule has 1 fully saturated rings.